The SMILES string of the molecule is CC1[C@@H](C(=O)NC2(c3ccccn3)CC2)[C@@H](NC(=O)c2cc(-c3c(F)cc(F)cc3F)on2)CCN1C1CC1. The molecule has 204 valence electrons. The van der Waals surface area contributed by atoms with E-state index in [1.807, 2.05) is 25.1 Å². The van der Waals surface area contributed by atoms with Gasteiger partial charge >= 0.3 is 0 Å². The summed E-state index contributed by atoms with van der Waals surface area (Å²) in [6.45, 7) is 2.73. The van der Waals surface area contributed by atoms with Crippen molar-refractivity contribution in [3.8, 4) is 11.3 Å². The number of amides is 2. The fourth-order valence-corrected chi connectivity index (χ4v) is 5.75. The third-order valence-corrected chi connectivity index (χ3v) is 8.07. The number of pyridine rings is 1. The van der Waals surface area contributed by atoms with E-state index in [0.29, 0.717) is 24.6 Å². The van der Waals surface area contributed by atoms with Crippen LogP contribution in [0.1, 0.15) is 55.2 Å². The normalized spacial score (nSPS) is 24.3. The van der Waals surface area contributed by atoms with E-state index in [-0.39, 0.29) is 23.4 Å². The smallest absolute Gasteiger partial charge is 0.273 e. The van der Waals surface area contributed by atoms with E-state index in [9.17, 15) is 22.8 Å². The fourth-order valence-electron chi connectivity index (χ4n) is 5.75. The molecule has 1 unspecified atom stereocenters. The van der Waals surface area contributed by atoms with Crippen molar-refractivity contribution in [3.05, 3.63) is 71.4 Å². The molecule has 0 bridgehead atoms. The molecule has 1 aromatic carbocycles. The number of aromatic nitrogens is 2. The van der Waals surface area contributed by atoms with Crippen LogP contribution in [0.25, 0.3) is 11.3 Å². The van der Waals surface area contributed by atoms with E-state index in [1.54, 1.807) is 6.20 Å². The molecule has 2 aromatic heterocycles. The maximum atomic E-state index is 14.2. The predicted octanol–water partition coefficient (Wildman–Crippen LogP) is 3.93. The molecule has 8 nitrogen and oxygen atoms in total. The van der Waals surface area contributed by atoms with E-state index in [2.05, 4.69) is 25.7 Å². The molecule has 2 aliphatic carbocycles. The lowest BCUT2D eigenvalue weighted by Crippen LogP contribution is -2.61. The summed E-state index contributed by atoms with van der Waals surface area (Å²) in [4.78, 5) is 33.7. The number of carbonyl (C=O) groups excluding carboxylic acids is 2. The highest BCUT2D eigenvalue weighted by Crippen LogP contribution is 2.45. The van der Waals surface area contributed by atoms with Crippen LogP contribution in [-0.2, 0) is 10.3 Å². The maximum Gasteiger partial charge on any atom is 0.273 e. The van der Waals surface area contributed by atoms with Crippen molar-refractivity contribution in [1.29, 1.82) is 0 Å². The Balaban J connectivity index is 1.22. The van der Waals surface area contributed by atoms with Gasteiger partial charge in [-0.05, 0) is 51.2 Å². The van der Waals surface area contributed by atoms with Crippen LogP contribution >= 0.6 is 0 Å². The van der Waals surface area contributed by atoms with Crippen LogP contribution in [0.3, 0.4) is 0 Å². The Labute approximate surface area is 223 Å². The highest BCUT2D eigenvalue weighted by Gasteiger charge is 2.51. The summed E-state index contributed by atoms with van der Waals surface area (Å²) in [6, 6.07) is 7.61. The van der Waals surface area contributed by atoms with E-state index in [1.165, 1.54) is 0 Å². The van der Waals surface area contributed by atoms with E-state index in [4.69, 9.17) is 4.52 Å². The second-order valence-electron chi connectivity index (χ2n) is 10.7. The lowest BCUT2D eigenvalue weighted by Gasteiger charge is -2.44. The molecular weight excluding hydrogens is 511 g/mol. The third-order valence-electron chi connectivity index (χ3n) is 8.07. The second kappa shape index (κ2) is 9.78. The van der Waals surface area contributed by atoms with Crippen LogP contribution in [0, 0.1) is 23.4 Å². The molecule has 2 amide bonds. The Bertz CT molecular complexity index is 1380. The third kappa shape index (κ3) is 4.91. The summed E-state index contributed by atoms with van der Waals surface area (Å²) >= 11 is 0. The topological polar surface area (TPSA) is 100 Å². The van der Waals surface area contributed by atoms with Gasteiger partial charge in [0, 0.05) is 49.1 Å². The minimum absolute atomic E-state index is 0.119. The molecule has 0 radical (unpaired) electrons. The van der Waals surface area contributed by atoms with Gasteiger partial charge in [-0.2, -0.15) is 0 Å². The molecule has 6 rings (SSSR count). The largest absolute Gasteiger partial charge is 0.355 e. The first-order valence-electron chi connectivity index (χ1n) is 13.2. The summed E-state index contributed by atoms with van der Waals surface area (Å²) in [6.07, 6.45) is 6.01. The summed E-state index contributed by atoms with van der Waals surface area (Å²) in [7, 11) is 0. The molecule has 3 heterocycles. The van der Waals surface area contributed by atoms with Gasteiger partial charge in [-0.3, -0.25) is 19.5 Å². The monoisotopic (exact) mass is 539 g/mol. The van der Waals surface area contributed by atoms with Crippen LogP contribution in [-0.4, -0.2) is 51.5 Å². The summed E-state index contributed by atoms with van der Waals surface area (Å²) in [5.74, 6) is -5.08. The Morgan fingerprint density at radius 3 is 2.46 bits per heavy atom. The molecule has 39 heavy (non-hydrogen) atoms. The lowest BCUT2D eigenvalue weighted by atomic mass is 9.83. The van der Waals surface area contributed by atoms with Crippen molar-refractivity contribution in [2.45, 2.75) is 62.7 Å². The predicted molar refractivity (Wildman–Crippen MR) is 134 cm³/mol. The summed E-state index contributed by atoms with van der Waals surface area (Å²) in [5, 5.41) is 9.82. The number of rotatable bonds is 7. The van der Waals surface area contributed by atoms with Gasteiger partial charge in [0.25, 0.3) is 5.91 Å². The number of hydrogen-bond donors (Lipinski definition) is 2. The van der Waals surface area contributed by atoms with Gasteiger partial charge in [-0.25, -0.2) is 13.2 Å². The van der Waals surface area contributed by atoms with Crippen LogP contribution in [0.2, 0.25) is 0 Å². The fraction of sp³-hybridized carbons (Fsp3) is 0.429. The van der Waals surface area contributed by atoms with Crippen molar-refractivity contribution in [2.75, 3.05) is 6.54 Å². The Kier molecular flexibility index (Phi) is 6.41. The average Bonchev–Trinajstić information content (AvgIpc) is 3.83. The van der Waals surface area contributed by atoms with Crippen molar-refractivity contribution in [1.82, 2.24) is 25.7 Å². The molecular formula is C28H28F3N5O3. The molecule has 2 N–H and O–H groups in total. The van der Waals surface area contributed by atoms with Crippen molar-refractivity contribution in [2.24, 2.45) is 5.92 Å². The molecule has 3 fully saturated rings. The molecule has 3 aliphatic rings. The van der Waals surface area contributed by atoms with E-state index < -0.39 is 46.4 Å². The number of carbonyl (C=O) groups is 2. The van der Waals surface area contributed by atoms with Crippen molar-refractivity contribution < 1.29 is 27.3 Å². The van der Waals surface area contributed by atoms with Gasteiger partial charge in [0.05, 0.1) is 22.7 Å². The molecule has 11 heteroatoms. The summed E-state index contributed by atoms with van der Waals surface area (Å²) in [5.41, 5.74) is -0.497. The van der Waals surface area contributed by atoms with Crippen molar-refractivity contribution in [3.63, 3.8) is 0 Å². The Hall–Kier alpha value is -3.73. The number of likely N-dealkylation sites (tertiary alicyclic amines) is 1. The molecule has 1 saturated heterocycles. The highest BCUT2D eigenvalue weighted by atomic mass is 19.1. The average molecular weight is 540 g/mol. The number of nitrogens with zero attached hydrogens (tertiary/aromatic N) is 3. The molecule has 0 spiro atoms. The second-order valence-corrected chi connectivity index (χ2v) is 10.7. The summed E-state index contributed by atoms with van der Waals surface area (Å²) < 4.78 is 46.8. The van der Waals surface area contributed by atoms with Crippen LogP contribution in [0.4, 0.5) is 13.2 Å². The lowest BCUT2D eigenvalue weighted by molar-refractivity contribution is -0.131. The Morgan fingerprint density at radius 2 is 1.82 bits per heavy atom. The number of benzene rings is 1. The maximum absolute atomic E-state index is 14.2. The molecule has 3 aromatic rings. The first-order valence-corrected chi connectivity index (χ1v) is 13.2. The van der Waals surface area contributed by atoms with Gasteiger partial charge in [0.1, 0.15) is 17.5 Å². The highest BCUT2D eigenvalue weighted by molar-refractivity contribution is 5.94. The zero-order chi connectivity index (χ0) is 27.3. The minimum Gasteiger partial charge on any atom is -0.355 e. The quantitative estimate of drug-likeness (QED) is 0.472. The zero-order valence-corrected chi connectivity index (χ0v) is 21.3. The Morgan fingerprint density at radius 1 is 1.08 bits per heavy atom. The van der Waals surface area contributed by atoms with Crippen LogP contribution in [0.15, 0.2) is 47.1 Å². The minimum atomic E-state index is -1.17. The van der Waals surface area contributed by atoms with Gasteiger partial charge in [-0.15, -0.1) is 0 Å². The first-order chi connectivity index (χ1) is 18.8. The number of piperidine rings is 1. The van der Waals surface area contributed by atoms with Gasteiger partial charge in [0.15, 0.2) is 11.5 Å². The van der Waals surface area contributed by atoms with Crippen LogP contribution < -0.4 is 10.6 Å². The van der Waals surface area contributed by atoms with Gasteiger partial charge < -0.3 is 15.2 Å². The standard InChI is InChI=1S/C28H28F3N5O3/c1-15-24(27(38)34-28(8-9-28)23-4-2-3-10-32-23)20(7-11-36(15)17-5-6-17)33-26(37)21-14-22(39-35-21)25-18(30)12-16(29)13-19(25)31/h2-4,10,12-15,17,20,24H,5-9,11H2,1H3,(H,33,37)(H,34,38)/t15?,20-,24+/m0/s1. The molecule has 1 aliphatic heterocycles. The van der Waals surface area contributed by atoms with E-state index in [0.717, 1.165) is 44.0 Å². The number of nitrogens with one attached hydrogen (secondary N) is 2. The first kappa shape index (κ1) is 25.5. The van der Waals surface area contributed by atoms with Crippen molar-refractivity contribution >= 4 is 11.8 Å². The zero-order valence-electron chi connectivity index (χ0n) is 21.3. The molecule has 3 atom stereocenters. The van der Waals surface area contributed by atoms with E-state index >= 15 is 0 Å². The van der Waals surface area contributed by atoms with Gasteiger partial charge in [-0.1, -0.05) is 11.2 Å². The number of halogens is 3. The number of hydrogen-bond acceptors (Lipinski definition) is 6. The van der Waals surface area contributed by atoms with Crippen LogP contribution in [0.5, 0.6) is 0 Å². The van der Waals surface area contributed by atoms with Gasteiger partial charge in [0.2, 0.25) is 5.91 Å². The molecule has 2 saturated carbocycles.